The predicted octanol–water partition coefficient (Wildman–Crippen LogP) is 0.792. The van der Waals surface area contributed by atoms with Gasteiger partial charge in [-0.2, -0.15) is 0 Å². The van der Waals surface area contributed by atoms with Gasteiger partial charge in [-0.15, -0.1) is 10.2 Å². The van der Waals surface area contributed by atoms with E-state index in [-0.39, 0.29) is 0 Å². The summed E-state index contributed by atoms with van der Waals surface area (Å²) in [5.41, 5.74) is -1.55. The van der Waals surface area contributed by atoms with Crippen LogP contribution < -0.4 is 0 Å². The van der Waals surface area contributed by atoms with Crippen molar-refractivity contribution in [2.75, 3.05) is 0 Å². The van der Waals surface area contributed by atoms with Gasteiger partial charge in [0.2, 0.25) is 5.50 Å². The molecule has 0 aromatic carbocycles. The Hall–Kier alpha value is -0.910. The summed E-state index contributed by atoms with van der Waals surface area (Å²) >= 11 is 0.758. The summed E-state index contributed by atoms with van der Waals surface area (Å²) in [6, 6.07) is 0. The SMILES string of the molecule is CC(=O)C(F)Sc1nncn1C. The van der Waals surface area contributed by atoms with Crippen LogP contribution in [0.5, 0.6) is 0 Å². The van der Waals surface area contributed by atoms with Crippen molar-refractivity contribution < 1.29 is 9.18 Å². The van der Waals surface area contributed by atoms with Crippen LogP contribution in [-0.4, -0.2) is 26.1 Å². The second-order valence-corrected chi connectivity index (χ2v) is 3.28. The number of aromatic nitrogens is 3. The quantitative estimate of drug-likeness (QED) is 0.659. The van der Waals surface area contributed by atoms with E-state index >= 15 is 0 Å². The first-order valence-electron chi connectivity index (χ1n) is 3.26. The molecule has 4 nitrogen and oxygen atoms in total. The van der Waals surface area contributed by atoms with Crippen LogP contribution in [0.15, 0.2) is 11.5 Å². The molecule has 0 aliphatic carbocycles. The van der Waals surface area contributed by atoms with Crippen molar-refractivity contribution >= 4 is 17.5 Å². The number of alkyl halides is 1. The van der Waals surface area contributed by atoms with Gasteiger partial charge in [0, 0.05) is 7.05 Å². The molecule has 0 saturated carbocycles. The summed E-state index contributed by atoms with van der Waals surface area (Å²) in [7, 11) is 1.69. The molecular weight excluding hydrogens is 181 g/mol. The van der Waals surface area contributed by atoms with E-state index in [0.29, 0.717) is 5.16 Å². The summed E-state index contributed by atoms with van der Waals surface area (Å²) in [5, 5.41) is 7.57. The molecule has 1 rings (SSSR count). The smallest absolute Gasteiger partial charge is 0.210 e. The molecule has 1 unspecified atom stereocenters. The highest BCUT2D eigenvalue weighted by molar-refractivity contribution is 8.00. The van der Waals surface area contributed by atoms with E-state index in [1.54, 1.807) is 11.6 Å². The first kappa shape index (κ1) is 9.18. The standard InChI is InChI=1S/C6H8FN3OS/c1-4(11)5(7)12-6-9-8-3-10(6)2/h3,5H,1-2H3. The van der Waals surface area contributed by atoms with Crippen LogP contribution in [0.2, 0.25) is 0 Å². The first-order valence-corrected chi connectivity index (χ1v) is 4.14. The van der Waals surface area contributed by atoms with Gasteiger partial charge in [0.25, 0.3) is 0 Å². The van der Waals surface area contributed by atoms with Crippen molar-refractivity contribution in [3.63, 3.8) is 0 Å². The van der Waals surface area contributed by atoms with Gasteiger partial charge in [0.05, 0.1) is 0 Å². The molecule has 0 saturated heterocycles. The zero-order valence-electron chi connectivity index (χ0n) is 6.69. The van der Waals surface area contributed by atoms with Gasteiger partial charge in [-0.05, 0) is 18.7 Å². The Morgan fingerprint density at radius 3 is 2.92 bits per heavy atom. The molecule has 66 valence electrons. The number of carbonyl (C=O) groups is 1. The lowest BCUT2D eigenvalue weighted by Crippen LogP contribution is -2.07. The monoisotopic (exact) mass is 189 g/mol. The molecule has 0 spiro atoms. The summed E-state index contributed by atoms with van der Waals surface area (Å²) in [5.74, 6) is -0.511. The minimum atomic E-state index is -1.55. The van der Waals surface area contributed by atoms with E-state index in [1.165, 1.54) is 13.3 Å². The number of Topliss-reactive ketones (excluding diaryl/α,β-unsaturated/α-hetero) is 1. The molecule has 1 aromatic rings. The average molecular weight is 189 g/mol. The number of thioether (sulfide) groups is 1. The van der Waals surface area contributed by atoms with Gasteiger partial charge in [0.1, 0.15) is 6.33 Å². The number of rotatable bonds is 3. The molecule has 12 heavy (non-hydrogen) atoms. The van der Waals surface area contributed by atoms with Gasteiger partial charge in [0.15, 0.2) is 10.9 Å². The van der Waals surface area contributed by atoms with Crippen molar-refractivity contribution in [2.24, 2.45) is 7.05 Å². The van der Waals surface area contributed by atoms with E-state index in [0.717, 1.165) is 11.8 Å². The Kier molecular flexibility index (Phi) is 2.80. The Balaban J connectivity index is 2.64. The highest BCUT2D eigenvalue weighted by atomic mass is 32.2. The van der Waals surface area contributed by atoms with Crippen molar-refractivity contribution in [1.29, 1.82) is 0 Å². The van der Waals surface area contributed by atoms with Crippen LogP contribution in [0.3, 0.4) is 0 Å². The number of hydrogen-bond donors (Lipinski definition) is 0. The Labute approximate surface area is 73.2 Å². The van der Waals surface area contributed by atoms with Gasteiger partial charge < -0.3 is 4.57 Å². The molecule has 0 N–H and O–H groups in total. The third kappa shape index (κ3) is 2.04. The second kappa shape index (κ2) is 3.66. The minimum Gasteiger partial charge on any atom is -0.312 e. The lowest BCUT2D eigenvalue weighted by molar-refractivity contribution is -0.118. The third-order valence-electron chi connectivity index (χ3n) is 1.20. The minimum absolute atomic E-state index is 0.401. The van der Waals surface area contributed by atoms with Crippen molar-refractivity contribution in [2.45, 2.75) is 17.6 Å². The van der Waals surface area contributed by atoms with Crippen molar-refractivity contribution in [3.8, 4) is 0 Å². The Morgan fingerprint density at radius 1 is 1.83 bits per heavy atom. The second-order valence-electron chi connectivity index (χ2n) is 2.27. The Bertz CT molecular complexity index is 288. The summed E-state index contributed by atoms with van der Waals surface area (Å²) < 4.78 is 14.4. The highest BCUT2D eigenvalue weighted by Gasteiger charge is 2.16. The van der Waals surface area contributed by atoms with Gasteiger partial charge in [-0.3, -0.25) is 4.79 Å². The van der Waals surface area contributed by atoms with E-state index in [9.17, 15) is 9.18 Å². The molecule has 0 aliphatic rings. The highest BCUT2D eigenvalue weighted by Crippen LogP contribution is 2.21. The molecule has 0 bridgehead atoms. The zero-order chi connectivity index (χ0) is 9.14. The molecule has 1 atom stereocenters. The lowest BCUT2D eigenvalue weighted by Gasteiger charge is -2.01. The van der Waals surface area contributed by atoms with Crippen LogP contribution in [0, 0.1) is 0 Å². The normalized spacial score (nSPS) is 12.9. The van der Waals surface area contributed by atoms with E-state index in [2.05, 4.69) is 10.2 Å². The number of aryl methyl sites for hydroxylation is 1. The number of ketones is 1. The molecule has 0 aliphatic heterocycles. The topological polar surface area (TPSA) is 47.8 Å². The fourth-order valence-corrected chi connectivity index (χ4v) is 1.21. The molecule has 6 heteroatoms. The van der Waals surface area contributed by atoms with Crippen LogP contribution in [-0.2, 0) is 11.8 Å². The summed E-state index contributed by atoms with van der Waals surface area (Å²) in [6.07, 6.45) is 1.45. The van der Waals surface area contributed by atoms with Gasteiger partial charge in [-0.1, -0.05) is 0 Å². The fourth-order valence-electron chi connectivity index (χ4n) is 0.555. The molecule has 0 radical (unpaired) electrons. The zero-order valence-corrected chi connectivity index (χ0v) is 7.51. The molecule has 0 fully saturated rings. The van der Waals surface area contributed by atoms with Crippen molar-refractivity contribution in [1.82, 2.24) is 14.8 Å². The van der Waals surface area contributed by atoms with Gasteiger partial charge in [-0.25, -0.2) is 4.39 Å². The maximum atomic E-state index is 12.8. The maximum absolute atomic E-state index is 12.8. The predicted molar refractivity (Wildman–Crippen MR) is 42.4 cm³/mol. The number of hydrogen-bond acceptors (Lipinski definition) is 4. The molecule has 1 heterocycles. The van der Waals surface area contributed by atoms with E-state index in [4.69, 9.17) is 0 Å². The molecular formula is C6H8FN3OS. The first-order chi connectivity index (χ1) is 5.61. The number of halogens is 1. The van der Waals surface area contributed by atoms with Crippen LogP contribution in [0.4, 0.5) is 4.39 Å². The largest absolute Gasteiger partial charge is 0.312 e. The number of nitrogens with zero attached hydrogens (tertiary/aromatic N) is 3. The average Bonchev–Trinajstić information content (AvgIpc) is 2.36. The van der Waals surface area contributed by atoms with Crippen LogP contribution >= 0.6 is 11.8 Å². The van der Waals surface area contributed by atoms with E-state index < -0.39 is 11.3 Å². The summed E-state index contributed by atoms with van der Waals surface area (Å²) in [4.78, 5) is 10.5. The summed E-state index contributed by atoms with van der Waals surface area (Å²) in [6.45, 7) is 1.20. The Morgan fingerprint density at radius 2 is 2.50 bits per heavy atom. The van der Waals surface area contributed by atoms with Crippen LogP contribution in [0.25, 0.3) is 0 Å². The van der Waals surface area contributed by atoms with E-state index in [1.807, 2.05) is 0 Å². The lowest BCUT2D eigenvalue weighted by atomic mass is 10.5. The molecule has 0 amide bonds. The van der Waals surface area contributed by atoms with Crippen LogP contribution in [0.1, 0.15) is 6.92 Å². The van der Waals surface area contributed by atoms with Gasteiger partial charge >= 0.3 is 0 Å². The maximum Gasteiger partial charge on any atom is 0.210 e. The number of carbonyl (C=O) groups excluding carboxylic acids is 1. The molecule has 1 aromatic heterocycles. The third-order valence-corrected chi connectivity index (χ3v) is 2.32. The van der Waals surface area contributed by atoms with Crippen molar-refractivity contribution in [3.05, 3.63) is 6.33 Å². The fraction of sp³-hybridized carbons (Fsp3) is 0.500.